The first kappa shape index (κ1) is 24.0. The molecule has 0 spiro atoms. The molecule has 31 heavy (non-hydrogen) atoms. The van der Waals surface area contributed by atoms with Crippen molar-refractivity contribution in [2.24, 2.45) is 0 Å². The summed E-state index contributed by atoms with van der Waals surface area (Å²) < 4.78 is 5.63. The van der Waals surface area contributed by atoms with Gasteiger partial charge in [0.15, 0.2) is 5.75 Å². The fourth-order valence-corrected chi connectivity index (χ4v) is 3.38. The zero-order valence-electron chi connectivity index (χ0n) is 17.6. The van der Waals surface area contributed by atoms with Gasteiger partial charge in [-0.15, -0.1) is 10.1 Å². The van der Waals surface area contributed by atoms with Crippen molar-refractivity contribution in [3.05, 3.63) is 43.5 Å². The van der Waals surface area contributed by atoms with Crippen LogP contribution in [0.4, 0.5) is 5.69 Å². The summed E-state index contributed by atoms with van der Waals surface area (Å²) >= 11 is 0. The molecule has 2 rings (SSSR count). The van der Waals surface area contributed by atoms with Gasteiger partial charge in [-0.2, -0.15) is 0 Å². The zero-order valence-corrected chi connectivity index (χ0v) is 17.6. The van der Waals surface area contributed by atoms with Crippen molar-refractivity contribution in [3.8, 4) is 5.75 Å². The van der Waals surface area contributed by atoms with Gasteiger partial charge in [-0.05, 0) is 32.4 Å². The molecule has 1 aromatic rings. The number of carbonyl (C=O) groups excluding carboxylic acids is 2. The normalized spacial score (nSPS) is 12.9. The van der Waals surface area contributed by atoms with Crippen molar-refractivity contribution < 1.29 is 29.2 Å². The molecule has 1 aliphatic rings. The molecule has 0 atom stereocenters. The molecule has 0 saturated carbocycles. The molecule has 12 heteroatoms. The molecule has 0 fully saturated rings. The molecule has 170 valence electrons. The second-order valence-corrected chi connectivity index (χ2v) is 6.99. The van der Waals surface area contributed by atoms with Crippen LogP contribution < -0.4 is 4.74 Å². The van der Waals surface area contributed by atoms with Gasteiger partial charge < -0.3 is 9.57 Å². The van der Waals surface area contributed by atoms with E-state index in [2.05, 4.69) is 23.6 Å². The van der Waals surface area contributed by atoms with Crippen LogP contribution in [-0.4, -0.2) is 71.0 Å². The fourth-order valence-electron chi connectivity index (χ4n) is 3.38. The van der Waals surface area contributed by atoms with E-state index in [9.17, 15) is 29.8 Å². The second kappa shape index (κ2) is 11.2. The predicted octanol–water partition coefficient (Wildman–Crippen LogP) is 2.29. The molecule has 0 radical (unpaired) electrons. The number of hydrogen-bond donors (Lipinski definition) is 0. The Balaban J connectivity index is 2.14. The molecule has 0 saturated heterocycles. The summed E-state index contributed by atoms with van der Waals surface area (Å²) in [6.45, 7) is 6.28. The van der Waals surface area contributed by atoms with Crippen LogP contribution >= 0.6 is 0 Å². The summed E-state index contributed by atoms with van der Waals surface area (Å²) in [5.74, 6) is -1.39. The van der Waals surface area contributed by atoms with Crippen LogP contribution in [0.2, 0.25) is 0 Å². The van der Waals surface area contributed by atoms with E-state index in [-0.39, 0.29) is 43.1 Å². The summed E-state index contributed by atoms with van der Waals surface area (Å²) in [4.78, 5) is 53.4. The lowest BCUT2D eigenvalue weighted by molar-refractivity contribution is -0.757. The van der Waals surface area contributed by atoms with Gasteiger partial charge in [0.1, 0.15) is 6.61 Å². The minimum absolute atomic E-state index is 0.0137. The molecule has 0 N–H and O–H groups in total. The maximum atomic E-state index is 12.6. The highest BCUT2D eigenvalue weighted by Crippen LogP contribution is 2.35. The average Bonchev–Trinajstić information content (AvgIpc) is 2.94. The highest BCUT2D eigenvalue weighted by atomic mass is 16.9. The van der Waals surface area contributed by atoms with E-state index < -0.39 is 27.5 Å². The maximum Gasteiger partial charge on any atom is 0.311 e. The van der Waals surface area contributed by atoms with Crippen molar-refractivity contribution in [1.82, 2.24) is 9.80 Å². The Morgan fingerprint density at radius 2 is 1.58 bits per heavy atom. The Kier molecular flexibility index (Phi) is 8.67. The summed E-state index contributed by atoms with van der Waals surface area (Å²) in [6.07, 6.45) is 2.00. The minimum Gasteiger partial charge on any atom is -0.485 e. The van der Waals surface area contributed by atoms with Crippen molar-refractivity contribution >= 4 is 17.5 Å². The van der Waals surface area contributed by atoms with Crippen LogP contribution in [0.1, 0.15) is 53.8 Å². The SMILES string of the molecule is CCCN(CCC)CCOc1cc2c(cc1[N+](=O)[O-])C(=O)N(CCCO[N+](=O)[O-])C2=O. The summed E-state index contributed by atoms with van der Waals surface area (Å²) in [5, 5.41) is 20.7. The Bertz CT molecular complexity index is 838. The van der Waals surface area contributed by atoms with E-state index in [1.54, 1.807) is 0 Å². The number of nitro groups is 1. The van der Waals surface area contributed by atoms with Crippen LogP contribution in [0.15, 0.2) is 12.1 Å². The number of hydrogen-bond acceptors (Lipinski definition) is 9. The Hall–Kier alpha value is -3.28. The number of nitro benzene ring substituents is 1. The lowest BCUT2D eigenvalue weighted by atomic mass is 10.1. The molecular weight excluding hydrogens is 412 g/mol. The van der Waals surface area contributed by atoms with Crippen LogP contribution in [0.25, 0.3) is 0 Å². The van der Waals surface area contributed by atoms with Crippen molar-refractivity contribution in [3.63, 3.8) is 0 Å². The highest BCUT2D eigenvalue weighted by molar-refractivity contribution is 6.21. The first-order valence-corrected chi connectivity index (χ1v) is 10.1. The van der Waals surface area contributed by atoms with Gasteiger partial charge in [0.25, 0.3) is 16.9 Å². The minimum atomic E-state index is -0.961. The van der Waals surface area contributed by atoms with Crippen molar-refractivity contribution in [2.45, 2.75) is 33.1 Å². The van der Waals surface area contributed by atoms with Crippen LogP contribution in [-0.2, 0) is 4.84 Å². The van der Waals surface area contributed by atoms with Crippen molar-refractivity contribution in [1.29, 1.82) is 0 Å². The first-order valence-electron chi connectivity index (χ1n) is 10.1. The summed E-state index contributed by atoms with van der Waals surface area (Å²) in [7, 11) is 0. The molecule has 0 unspecified atom stereocenters. The molecule has 0 aliphatic carbocycles. The topological polar surface area (TPSA) is 145 Å². The lowest BCUT2D eigenvalue weighted by Crippen LogP contribution is -2.31. The third-order valence-corrected chi connectivity index (χ3v) is 4.71. The number of amides is 2. The number of benzene rings is 1. The fraction of sp³-hybridized carbons (Fsp3) is 0.579. The Morgan fingerprint density at radius 3 is 2.13 bits per heavy atom. The van der Waals surface area contributed by atoms with Gasteiger partial charge in [0.05, 0.1) is 22.7 Å². The van der Waals surface area contributed by atoms with Crippen LogP contribution in [0.5, 0.6) is 5.75 Å². The molecule has 12 nitrogen and oxygen atoms in total. The van der Waals surface area contributed by atoms with Gasteiger partial charge in [-0.3, -0.25) is 29.5 Å². The lowest BCUT2D eigenvalue weighted by Gasteiger charge is -2.20. The maximum absolute atomic E-state index is 12.6. The quantitative estimate of drug-likeness (QED) is 0.185. The second-order valence-electron chi connectivity index (χ2n) is 6.99. The van der Waals surface area contributed by atoms with Gasteiger partial charge in [0.2, 0.25) is 0 Å². The average molecular weight is 438 g/mol. The molecule has 1 aliphatic heterocycles. The van der Waals surface area contributed by atoms with Crippen LogP contribution in [0, 0.1) is 20.2 Å². The van der Waals surface area contributed by atoms with Gasteiger partial charge in [-0.25, -0.2) is 0 Å². The number of fused-ring (bicyclic) bond motifs is 1. The van der Waals surface area contributed by atoms with Crippen LogP contribution in [0.3, 0.4) is 0 Å². The third kappa shape index (κ3) is 6.10. The largest absolute Gasteiger partial charge is 0.485 e. The van der Waals surface area contributed by atoms with E-state index in [0.29, 0.717) is 6.54 Å². The van der Waals surface area contributed by atoms with Crippen molar-refractivity contribution in [2.75, 3.05) is 39.4 Å². The molecule has 0 aromatic heterocycles. The predicted molar refractivity (Wildman–Crippen MR) is 109 cm³/mol. The van der Waals surface area contributed by atoms with Gasteiger partial charge in [-0.1, -0.05) is 13.8 Å². The smallest absolute Gasteiger partial charge is 0.311 e. The number of imide groups is 1. The standard InChI is InChI=1S/C19H26N4O8/c1-3-6-20(7-4-2)9-11-30-17-13-15-14(12-16(17)22(26)27)18(24)21(19(15)25)8-5-10-31-23(28)29/h12-13H,3-11H2,1-2H3. The monoisotopic (exact) mass is 438 g/mol. The van der Waals surface area contributed by atoms with Gasteiger partial charge in [0, 0.05) is 25.2 Å². The molecule has 1 heterocycles. The van der Waals surface area contributed by atoms with E-state index >= 15 is 0 Å². The number of nitrogens with zero attached hydrogens (tertiary/aromatic N) is 4. The molecule has 1 aromatic carbocycles. The molecule has 2 amide bonds. The van der Waals surface area contributed by atoms with E-state index in [0.717, 1.165) is 36.9 Å². The molecule has 0 bridgehead atoms. The first-order chi connectivity index (χ1) is 14.8. The van der Waals surface area contributed by atoms with E-state index in [4.69, 9.17) is 4.74 Å². The Labute approximate surface area is 178 Å². The number of rotatable bonds is 14. The van der Waals surface area contributed by atoms with E-state index in [1.165, 1.54) is 6.07 Å². The highest BCUT2D eigenvalue weighted by Gasteiger charge is 2.38. The number of carbonyl (C=O) groups is 2. The third-order valence-electron chi connectivity index (χ3n) is 4.71. The Morgan fingerprint density at radius 1 is 0.968 bits per heavy atom. The molecular formula is C19H26N4O8. The van der Waals surface area contributed by atoms with Gasteiger partial charge >= 0.3 is 5.69 Å². The zero-order chi connectivity index (χ0) is 23.0. The summed E-state index contributed by atoms with van der Waals surface area (Å²) in [5.41, 5.74) is -0.464. The summed E-state index contributed by atoms with van der Waals surface area (Å²) in [6, 6.07) is 2.28. The number of ether oxygens (including phenoxy) is 1. The van der Waals surface area contributed by atoms with E-state index in [1.807, 2.05) is 0 Å².